The van der Waals surface area contributed by atoms with E-state index in [-0.39, 0.29) is 11.9 Å². The van der Waals surface area contributed by atoms with Crippen molar-refractivity contribution in [1.82, 2.24) is 0 Å². The van der Waals surface area contributed by atoms with Crippen LogP contribution in [0.15, 0.2) is 0 Å². The number of rotatable bonds is 2. The molecule has 0 spiro atoms. The molecule has 1 aliphatic carbocycles. The summed E-state index contributed by atoms with van der Waals surface area (Å²) >= 11 is 3.31. The molecule has 3 heteroatoms. The van der Waals surface area contributed by atoms with E-state index in [1.165, 1.54) is 7.11 Å². The van der Waals surface area contributed by atoms with Crippen molar-refractivity contribution in [2.24, 2.45) is 11.8 Å². The Morgan fingerprint density at radius 1 is 1.89 bits per heavy atom. The molecule has 52 valence electrons. The van der Waals surface area contributed by atoms with Gasteiger partial charge < -0.3 is 4.74 Å². The number of hydrogen-bond donors (Lipinski definition) is 0. The Labute approximate surface area is 62.7 Å². The standard InChI is InChI=1S/C6H9BrO2/c1-9-6(8)5-2-4(5)3-7/h4-5H,2-3H2,1H3/t4-,5-/m0/s1. The van der Waals surface area contributed by atoms with Gasteiger partial charge in [0.05, 0.1) is 13.0 Å². The summed E-state index contributed by atoms with van der Waals surface area (Å²) in [7, 11) is 1.44. The highest BCUT2D eigenvalue weighted by molar-refractivity contribution is 9.09. The molecule has 1 rings (SSSR count). The molecule has 1 aliphatic rings. The van der Waals surface area contributed by atoms with E-state index in [1.807, 2.05) is 0 Å². The zero-order valence-electron chi connectivity index (χ0n) is 5.26. The Morgan fingerprint density at radius 3 is 2.89 bits per heavy atom. The summed E-state index contributed by atoms with van der Waals surface area (Å²) in [4.78, 5) is 10.7. The topological polar surface area (TPSA) is 26.3 Å². The summed E-state index contributed by atoms with van der Waals surface area (Å²) in [5.74, 6) is 0.672. The first-order valence-electron chi connectivity index (χ1n) is 2.93. The molecule has 1 saturated carbocycles. The van der Waals surface area contributed by atoms with Crippen LogP contribution in [0.3, 0.4) is 0 Å². The zero-order valence-corrected chi connectivity index (χ0v) is 6.85. The first kappa shape index (κ1) is 7.06. The lowest BCUT2D eigenvalue weighted by Crippen LogP contribution is -2.04. The third kappa shape index (κ3) is 1.45. The molecule has 0 aliphatic heterocycles. The van der Waals surface area contributed by atoms with Crippen molar-refractivity contribution in [1.29, 1.82) is 0 Å². The summed E-state index contributed by atoms with van der Waals surface area (Å²) in [6, 6.07) is 0. The number of carbonyl (C=O) groups is 1. The number of halogens is 1. The lowest BCUT2D eigenvalue weighted by Gasteiger charge is -1.92. The molecular formula is C6H9BrO2. The molecule has 9 heavy (non-hydrogen) atoms. The minimum atomic E-state index is -0.0561. The minimum absolute atomic E-state index is 0.0561. The maximum absolute atomic E-state index is 10.7. The van der Waals surface area contributed by atoms with Gasteiger partial charge in [-0.25, -0.2) is 0 Å². The summed E-state index contributed by atoms with van der Waals surface area (Å²) in [6.45, 7) is 0. The second-order valence-electron chi connectivity index (χ2n) is 2.28. The summed E-state index contributed by atoms with van der Waals surface area (Å²) in [5.41, 5.74) is 0. The van der Waals surface area contributed by atoms with Crippen LogP contribution in [0.1, 0.15) is 6.42 Å². The molecule has 0 bridgehead atoms. The summed E-state index contributed by atoms with van der Waals surface area (Å²) < 4.78 is 4.55. The highest BCUT2D eigenvalue weighted by atomic mass is 79.9. The maximum atomic E-state index is 10.7. The van der Waals surface area contributed by atoms with Gasteiger partial charge >= 0.3 is 5.97 Å². The van der Waals surface area contributed by atoms with E-state index in [2.05, 4.69) is 20.7 Å². The normalized spacial score (nSPS) is 31.8. The van der Waals surface area contributed by atoms with E-state index in [4.69, 9.17) is 0 Å². The van der Waals surface area contributed by atoms with Crippen molar-refractivity contribution in [2.45, 2.75) is 6.42 Å². The monoisotopic (exact) mass is 192 g/mol. The average Bonchev–Trinajstić information content (AvgIpc) is 2.64. The van der Waals surface area contributed by atoms with Gasteiger partial charge in [0, 0.05) is 5.33 Å². The molecule has 0 amide bonds. The van der Waals surface area contributed by atoms with Gasteiger partial charge in [0.2, 0.25) is 0 Å². The van der Waals surface area contributed by atoms with Crippen molar-refractivity contribution in [3.63, 3.8) is 0 Å². The van der Waals surface area contributed by atoms with E-state index in [0.717, 1.165) is 11.8 Å². The Morgan fingerprint density at radius 2 is 2.56 bits per heavy atom. The smallest absolute Gasteiger partial charge is 0.308 e. The quantitative estimate of drug-likeness (QED) is 0.486. The zero-order chi connectivity index (χ0) is 6.85. The lowest BCUT2D eigenvalue weighted by atomic mass is 10.3. The molecule has 0 aromatic rings. The molecule has 0 saturated heterocycles. The number of methoxy groups -OCH3 is 1. The second-order valence-corrected chi connectivity index (χ2v) is 2.93. The Bertz CT molecular complexity index is 124. The predicted molar refractivity (Wildman–Crippen MR) is 37.4 cm³/mol. The number of hydrogen-bond acceptors (Lipinski definition) is 2. The molecule has 2 nitrogen and oxygen atoms in total. The first-order chi connectivity index (χ1) is 4.29. The SMILES string of the molecule is COC(=O)[C@H]1C[C@H]1CBr. The summed E-state index contributed by atoms with van der Waals surface area (Å²) in [5, 5.41) is 0.923. The van der Waals surface area contributed by atoms with Crippen LogP contribution in [0.25, 0.3) is 0 Å². The van der Waals surface area contributed by atoms with Crippen molar-refractivity contribution in [3.8, 4) is 0 Å². The van der Waals surface area contributed by atoms with Gasteiger partial charge in [0.1, 0.15) is 0 Å². The molecule has 0 heterocycles. The van der Waals surface area contributed by atoms with Crippen LogP contribution < -0.4 is 0 Å². The molecule has 0 aromatic carbocycles. The van der Waals surface area contributed by atoms with Gasteiger partial charge in [-0.1, -0.05) is 15.9 Å². The van der Waals surface area contributed by atoms with E-state index < -0.39 is 0 Å². The Kier molecular flexibility index (Phi) is 2.11. The van der Waals surface area contributed by atoms with Crippen LogP contribution >= 0.6 is 15.9 Å². The van der Waals surface area contributed by atoms with E-state index in [0.29, 0.717) is 5.92 Å². The fourth-order valence-corrected chi connectivity index (χ4v) is 1.57. The lowest BCUT2D eigenvalue weighted by molar-refractivity contribution is -0.142. The highest BCUT2D eigenvalue weighted by Gasteiger charge is 2.42. The van der Waals surface area contributed by atoms with Gasteiger partial charge in [-0.05, 0) is 12.3 Å². The van der Waals surface area contributed by atoms with E-state index >= 15 is 0 Å². The summed E-state index contributed by atoms with van der Waals surface area (Å²) in [6.07, 6.45) is 0.998. The van der Waals surface area contributed by atoms with E-state index in [9.17, 15) is 4.79 Å². The van der Waals surface area contributed by atoms with Crippen LogP contribution in [0.5, 0.6) is 0 Å². The highest BCUT2D eigenvalue weighted by Crippen LogP contribution is 2.40. The largest absolute Gasteiger partial charge is 0.469 e. The van der Waals surface area contributed by atoms with Crippen LogP contribution in [0.4, 0.5) is 0 Å². The van der Waals surface area contributed by atoms with E-state index in [1.54, 1.807) is 0 Å². The molecule has 0 N–H and O–H groups in total. The average molecular weight is 193 g/mol. The molecule has 2 atom stereocenters. The maximum Gasteiger partial charge on any atom is 0.308 e. The number of carbonyl (C=O) groups excluding carboxylic acids is 1. The van der Waals surface area contributed by atoms with Gasteiger partial charge in [-0.2, -0.15) is 0 Å². The molecular weight excluding hydrogens is 184 g/mol. The van der Waals surface area contributed by atoms with Crippen LogP contribution in [0, 0.1) is 11.8 Å². The third-order valence-electron chi connectivity index (χ3n) is 1.62. The molecule has 0 aromatic heterocycles. The van der Waals surface area contributed by atoms with Gasteiger partial charge in [-0.15, -0.1) is 0 Å². The third-order valence-corrected chi connectivity index (χ3v) is 2.46. The number of ether oxygens (including phenoxy) is 1. The minimum Gasteiger partial charge on any atom is -0.469 e. The second kappa shape index (κ2) is 2.69. The van der Waals surface area contributed by atoms with Crippen LogP contribution in [0.2, 0.25) is 0 Å². The van der Waals surface area contributed by atoms with Crippen molar-refractivity contribution < 1.29 is 9.53 Å². The van der Waals surface area contributed by atoms with Crippen molar-refractivity contribution in [2.75, 3.05) is 12.4 Å². The molecule has 0 unspecified atom stereocenters. The van der Waals surface area contributed by atoms with Crippen molar-refractivity contribution >= 4 is 21.9 Å². The predicted octanol–water partition coefficient (Wildman–Crippen LogP) is 1.19. The number of esters is 1. The van der Waals surface area contributed by atoms with Crippen LogP contribution in [-0.4, -0.2) is 18.4 Å². The first-order valence-corrected chi connectivity index (χ1v) is 4.05. The Hall–Kier alpha value is -0.0500. The fraction of sp³-hybridized carbons (Fsp3) is 0.833. The molecule has 0 radical (unpaired) electrons. The number of alkyl halides is 1. The van der Waals surface area contributed by atoms with Crippen LogP contribution in [-0.2, 0) is 9.53 Å². The van der Waals surface area contributed by atoms with Crippen molar-refractivity contribution in [3.05, 3.63) is 0 Å². The fourth-order valence-electron chi connectivity index (χ4n) is 0.858. The van der Waals surface area contributed by atoms with Gasteiger partial charge in [0.15, 0.2) is 0 Å². The molecule has 1 fully saturated rings. The van der Waals surface area contributed by atoms with Gasteiger partial charge in [-0.3, -0.25) is 4.79 Å². The van der Waals surface area contributed by atoms with Gasteiger partial charge in [0.25, 0.3) is 0 Å². The Balaban J connectivity index is 2.25.